The highest BCUT2D eigenvalue weighted by Gasteiger charge is 2.39. The average Bonchev–Trinajstić information content (AvgIpc) is 2.33. The summed E-state index contributed by atoms with van der Waals surface area (Å²) in [6, 6.07) is -0.406. The lowest BCUT2D eigenvalue weighted by molar-refractivity contribution is -0.137. The molecule has 1 atom stereocenters. The minimum Gasteiger partial charge on any atom is -0.345 e. The van der Waals surface area contributed by atoms with Crippen molar-refractivity contribution in [1.29, 1.82) is 0 Å². The zero-order valence-corrected chi connectivity index (χ0v) is 14.0. The van der Waals surface area contributed by atoms with Crippen molar-refractivity contribution in [2.75, 3.05) is 0 Å². The molecule has 0 aromatic rings. The summed E-state index contributed by atoms with van der Waals surface area (Å²) >= 11 is 0. The van der Waals surface area contributed by atoms with E-state index in [1.54, 1.807) is 0 Å². The van der Waals surface area contributed by atoms with Crippen LogP contribution < -0.4 is 5.32 Å². The van der Waals surface area contributed by atoms with Gasteiger partial charge in [0.15, 0.2) is 5.78 Å². The van der Waals surface area contributed by atoms with Crippen LogP contribution in [0.25, 0.3) is 0 Å². The summed E-state index contributed by atoms with van der Waals surface area (Å²) in [7, 11) is 0. The van der Waals surface area contributed by atoms with E-state index in [2.05, 4.69) is 5.32 Å². The summed E-state index contributed by atoms with van der Waals surface area (Å²) in [6.07, 6.45) is 5.42. The predicted octanol–water partition coefficient (Wildman–Crippen LogP) is 3.71. The highest BCUT2D eigenvalue weighted by Crippen LogP contribution is 2.29. The molecule has 1 fully saturated rings. The van der Waals surface area contributed by atoms with Gasteiger partial charge in [-0.2, -0.15) is 0 Å². The molecule has 0 saturated heterocycles. The first-order valence-electron chi connectivity index (χ1n) is 7.88. The SMILES string of the molecule is CC(C)(C)C(=O)C(NC(=O)C1CCCCC1)C(C)(C)C. The average molecular weight is 281 g/mol. The van der Waals surface area contributed by atoms with Gasteiger partial charge in [-0.25, -0.2) is 0 Å². The summed E-state index contributed by atoms with van der Waals surface area (Å²) in [5.74, 6) is 0.290. The van der Waals surface area contributed by atoms with Crippen LogP contribution in [0.15, 0.2) is 0 Å². The van der Waals surface area contributed by atoms with Crippen molar-refractivity contribution in [2.45, 2.75) is 79.7 Å². The van der Waals surface area contributed by atoms with E-state index in [0.29, 0.717) is 0 Å². The van der Waals surface area contributed by atoms with Gasteiger partial charge in [-0.1, -0.05) is 60.8 Å². The van der Waals surface area contributed by atoms with Crippen molar-refractivity contribution >= 4 is 11.7 Å². The molecule has 0 aliphatic heterocycles. The second-order valence-electron chi connectivity index (χ2n) is 8.26. The van der Waals surface area contributed by atoms with Gasteiger partial charge in [0.2, 0.25) is 5.91 Å². The largest absolute Gasteiger partial charge is 0.345 e. The van der Waals surface area contributed by atoms with E-state index >= 15 is 0 Å². The number of hydrogen-bond acceptors (Lipinski definition) is 2. The van der Waals surface area contributed by atoms with Crippen molar-refractivity contribution in [1.82, 2.24) is 5.32 Å². The fourth-order valence-electron chi connectivity index (χ4n) is 2.73. The molecule has 0 heterocycles. The van der Waals surface area contributed by atoms with Crippen LogP contribution in [0.2, 0.25) is 0 Å². The fourth-order valence-corrected chi connectivity index (χ4v) is 2.73. The molecule has 0 spiro atoms. The number of carbonyl (C=O) groups is 2. The normalized spacial score (nSPS) is 19.5. The number of carbonyl (C=O) groups excluding carboxylic acids is 2. The van der Waals surface area contributed by atoms with Crippen LogP contribution in [0, 0.1) is 16.7 Å². The summed E-state index contributed by atoms with van der Waals surface area (Å²) in [6.45, 7) is 11.8. The Morgan fingerprint density at radius 3 is 1.85 bits per heavy atom. The maximum atomic E-state index is 12.6. The molecule has 1 N–H and O–H groups in total. The molecule has 116 valence electrons. The van der Waals surface area contributed by atoms with Crippen LogP contribution in [0.3, 0.4) is 0 Å². The van der Waals surface area contributed by atoms with Gasteiger partial charge in [-0.3, -0.25) is 9.59 Å². The zero-order chi connectivity index (χ0) is 15.6. The number of rotatable bonds is 3. The fraction of sp³-hybridized carbons (Fsp3) is 0.882. The molecule has 20 heavy (non-hydrogen) atoms. The Bertz CT molecular complexity index is 354. The topological polar surface area (TPSA) is 46.2 Å². The molecule has 0 bridgehead atoms. The lowest BCUT2D eigenvalue weighted by Gasteiger charge is -2.36. The van der Waals surface area contributed by atoms with Crippen LogP contribution in [0.4, 0.5) is 0 Å². The molecule has 1 amide bonds. The third-order valence-electron chi connectivity index (χ3n) is 4.13. The van der Waals surface area contributed by atoms with E-state index in [0.717, 1.165) is 25.7 Å². The minimum absolute atomic E-state index is 0.0715. The molecule has 3 nitrogen and oxygen atoms in total. The van der Waals surface area contributed by atoms with Crippen molar-refractivity contribution < 1.29 is 9.59 Å². The summed E-state index contributed by atoms with van der Waals surface area (Å²) < 4.78 is 0. The van der Waals surface area contributed by atoms with E-state index in [1.165, 1.54) is 6.42 Å². The van der Waals surface area contributed by atoms with Gasteiger partial charge in [-0.05, 0) is 18.3 Å². The van der Waals surface area contributed by atoms with Gasteiger partial charge in [0.1, 0.15) is 0 Å². The van der Waals surface area contributed by atoms with Gasteiger partial charge < -0.3 is 5.32 Å². The molecular formula is C17H31NO2. The van der Waals surface area contributed by atoms with Crippen molar-refractivity contribution in [3.8, 4) is 0 Å². The molecule has 0 aromatic heterocycles. The van der Waals surface area contributed by atoms with Gasteiger partial charge in [0.25, 0.3) is 0 Å². The van der Waals surface area contributed by atoms with Crippen molar-refractivity contribution in [3.63, 3.8) is 0 Å². The Morgan fingerprint density at radius 2 is 1.45 bits per heavy atom. The van der Waals surface area contributed by atoms with E-state index < -0.39 is 11.5 Å². The van der Waals surface area contributed by atoms with E-state index in [1.807, 2.05) is 41.5 Å². The summed E-state index contributed by atoms with van der Waals surface area (Å²) in [5.41, 5.74) is -0.688. The molecule has 1 rings (SSSR count). The molecular weight excluding hydrogens is 250 g/mol. The van der Waals surface area contributed by atoms with Crippen LogP contribution in [0.5, 0.6) is 0 Å². The molecule has 1 aliphatic carbocycles. The smallest absolute Gasteiger partial charge is 0.223 e. The second-order valence-corrected chi connectivity index (χ2v) is 8.26. The number of hydrogen-bond donors (Lipinski definition) is 1. The molecule has 3 heteroatoms. The van der Waals surface area contributed by atoms with Crippen LogP contribution in [-0.4, -0.2) is 17.7 Å². The first kappa shape index (κ1) is 17.2. The maximum Gasteiger partial charge on any atom is 0.223 e. The van der Waals surface area contributed by atoms with E-state index in [-0.39, 0.29) is 23.0 Å². The Morgan fingerprint density at radius 1 is 0.950 bits per heavy atom. The molecule has 1 saturated carbocycles. The van der Waals surface area contributed by atoms with Crippen LogP contribution in [0.1, 0.15) is 73.6 Å². The first-order valence-corrected chi connectivity index (χ1v) is 7.88. The quantitative estimate of drug-likeness (QED) is 0.857. The Balaban J connectivity index is 2.80. The lowest BCUT2D eigenvalue weighted by atomic mass is 9.75. The predicted molar refractivity (Wildman–Crippen MR) is 82.4 cm³/mol. The van der Waals surface area contributed by atoms with Crippen molar-refractivity contribution in [3.05, 3.63) is 0 Å². The van der Waals surface area contributed by atoms with E-state index in [9.17, 15) is 9.59 Å². The van der Waals surface area contributed by atoms with Gasteiger partial charge in [0, 0.05) is 11.3 Å². The molecule has 1 unspecified atom stereocenters. The monoisotopic (exact) mass is 281 g/mol. The number of Topliss-reactive ketones (excluding diaryl/α,β-unsaturated/α-hetero) is 1. The highest BCUT2D eigenvalue weighted by molar-refractivity contribution is 5.93. The minimum atomic E-state index is -0.433. The third kappa shape index (κ3) is 4.60. The van der Waals surface area contributed by atoms with Crippen molar-refractivity contribution in [2.24, 2.45) is 16.7 Å². The number of ketones is 1. The third-order valence-corrected chi connectivity index (χ3v) is 4.13. The number of amides is 1. The number of nitrogens with one attached hydrogen (secondary N) is 1. The first-order chi connectivity index (χ1) is 9.03. The van der Waals surface area contributed by atoms with Gasteiger partial charge in [-0.15, -0.1) is 0 Å². The highest BCUT2D eigenvalue weighted by atomic mass is 16.2. The Kier molecular flexibility index (Phi) is 5.39. The molecule has 1 aliphatic rings. The lowest BCUT2D eigenvalue weighted by Crippen LogP contribution is -2.54. The molecule has 0 aromatic carbocycles. The Labute approximate surface area is 123 Å². The maximum absolute atomic E-state index is 12.6. The standard InChI is InChI=1S/C17H31NO2/c1-16(2,3)13(14(19)17(4,5)6)18-15(20)12-10-8-7-9-11-12/h12-13H,7-11H2,1-6H3,(H,18,20). The van der Waals surface area contributed by atoms with Crippen LogP contribution in [-0.2, 0) is 9.59 Å². The van der Waals surface area contributed by atoms with E-state index in [4.69, 9.17) is 0 Å². The molecule has 0 radical (unpaired) electrons. The second kappa shape index (κ2) is 6.28. The van der Waals surface area contributed by atoms with Gasteiger partial charge in [0.05, 0.1) is 6.04 Å². The summed E-state index contributed by atoms with van der Waals surface area (Å²) in [4.78, 5) is 25.0. The zero-order valence-electron chi connectivity index (χ0n) is 14.0. The van der Waals surface area contributed by atoms with Gasteiger partial charge >= 0.3 is 0 Å². The Hall–Kier alpha value is -0.860. The summed E-state index contributed by atoms with van der Waals surface area (Å²) in [5, 5.41) is 3.04. The van der Waals surface area contributed by atoms with Crippen LogP contribution >= 0.6 is 0 Å².